The molecule has 2 rings (SSSR count). The van der Waals surface area contributed by atoms with Crippen molar-refractivity contribution < 1.29 is 39.8 Å². The van der Waals surface area contributed by atoms with Crippen LogP contribution < -0.4 is 4.74 Å². The summed E-state index contributed by atoms with van der Waals surface area (Å²) in [7, 11) is 0. The third-order valence-electron chi connectivity index (χ3n) is 3.73. The zero-order valence-electron chi connectivity index (χ0n) is 12.7. The van der Waals surface area contributed by atoms with Gasteiger partial charge in [0.15, 0.2) is 5.78 Å². The number of ketones is 1. The Hall–Kier alpha value is -1.71. The standard InChI is InChI=1S/C15H20O8/c1-6-3-8(18)4-9(11(6)7(2)17)22-15-14(21)13(20)12(19)10(5-16)23-15/h3-4,10,12-16,18-21H,5H2,1-2H3. The Bertz CT molecular complexity index is 585. The highest BCUT2D eigenvalue weighted by atomic mass is 16.7. The molecule has 8 nitrogen and oxygen atoms in total. The summed E-state index contributed by atoms with van der Waals surface area (Å²) in [5.41, 5.74) is 0.664. The van der Waals surface area contributed by atoms with E-state index in [1.807, 2.05) is 0 Å². The Balaban J connectivity index is 2.33. The Morgan fingerprint density at radius 2 is 1.87 bits per heavy atom. The van der Waals surface area contributed by atoms with Crippen LogP contribution in [0.3, 0.4) is 0 Å². The maximum atomic E-state index is 11.8. The minimum atomic E-state index is -1.60. The molecule has 0 radical (unpaired) electrons. The van der Waals surface area contributed by atoms with E-state index in [1.54, 1.807) is 6.92 Å². The maximum absolute atomic E-state index is 11.8. The molecule has 5 N–H and O–H groups in total. The number of carbonyl (C=O) groups excluding carboxylic acids is 1. The van der Waals surface area contributed by atoms with Gasteiger partial charge < -0.3 is 35.0 Å². The van der Waals surface area contributed by atoms with Crippen LogP contribution in [-0.2, 0) is 4.74 Å². The third-order valence-corrected chi connectivity index (χ3v) is 3.73. The summed E-state index contributed by atoms with van der Waals surface area (Å²) < 4.78 is 10.7. The summed E-state index contributed by atoms with van der Waals surface area (Å²) >= 11 is 0. The molecule has 1 fully saturated rings. The summed E-state index contributed by atoms with van der Waals surface area (Å²) in [6.07, 6.45) is -7.25. The van der Waals surface area contributed by atoms with Crippen molar-refractivity contribution in [2.75, 3.05) is 6.61 Å². The summed E-state index contributed by atoms with van der Waals surface area (Å²) in [5.74, 6) is -0.492. The number of Topliss-reactive ketones (excluding diaryl/α,β-unsaturated/α-hetero) is 1. The molecule has 5 atom stereocenters. The van der Waals surface area contributed by atoms with Gasteiger partial charge in [-0.15, -0.1) is 0 Å². The molecule has 1 heterocycles. The van der Waals surface area contributed by atoms with E-state index in [0.717, 1.165) is 0 Å². The van der Waals surface area contributed by atoms with Crippen LogP contribution in [0.25, 0.3) is 0 Å². The Labute approximate surface area is 132 Å². The number of aliphatic hydroxyl groups excluding tert-OH is 4. The Morgan fingerprint density at radius 1 is 1.22 bits per heavy atom. The highest BCUT2D eigenvalue weighted by Crippen LogP contribution is 2.31. The zero-order chi connectivity index (χ0) is 17.3. The highest BCUT2D eigenvalue weighted by molar-refractivity contribution is 5.98. The summed E-state index contributed by atoms with van der Waals surface area (Å²) in [6, 6.07) is 2.57. The van der Waals surface area contributed by atoms with Gasteiger partial charge in [0, 0.05) is 6.07 Å². The number of phenolic OH excluding ortho intramolecular Hbond substituents is 1. The fraction of sp³-hybridized carbons (Fsp3) is 0.533. The average Bonchev–Trinajstić information content (AvgIpc) is 2.46. The van der Waals surface area contributed by atoms with Crippen molar-refractivity contribution in [3.63, 3.8) is 0 Å². The van der Waals surface area contributed by atoms with Crippen molar-refractivity contribution in [2.45, 2.75) is 44.6 Å². The lowest BCUT2D eigenvalue weighted by molar-refractivity contribution is -0.277. The number of aryl methyl sites for hydroxylation is 1. The van der Waals surface area contributed by atoms with Gasteiger partial charge in [0.2, 0.25) is 6.29 Å². The van der Waals surface area contributed by atoms with Crippen LogP contribution in [0.5, 0.6) is 11.5 Å². The first-order chi connectivity index (χ1) is 10.8. The number of hydrogen-bond acceptors (Lipinski definition) is 8. The van der Waals surface area contributed by atoms with Gasteiger partial charge in [-0.1, -0.05) is 0 Å². The normalized spacial score (nSPS) is 31.0. The lowest BCUT2D eigenvalue weighted by Crippen LogP contribution is -2.60. The van der Waals surface area contributed by atoms with Gasteiger partial charge in [-0.25, -0.2) is 0 Å². The van der Waals surface area contributed by atoms with Crippen LogP contribution in [0.4, 0.5) is 0 Å². The van der Waals surface area contributed by atoms with Crippen molar-refractivity contribution in [3.8, 4) is 11.5 Å². The number of aromatic hydroxyl groups is 1. The minimum absolute atomic E-state index is 0.0284. The van der Waals surface area contributed by atoms with Crippen molar-refractivity contribution in [3.05, 3.63) is 23.3 Å². The molecule has 0 bridgehead atoms. The van der Waals surface area contributed by atoms with E-state index in [4.69, 9.17) is 14.6 Å². The van der Waals surface area contributed by atoms with Crippen molar-refractivity contribution in [2.24, 2.45) is 0 Å². The molecule has 1 saturated heterocycles. The molecule has 0 aliphatic carbocycles. The molecule has 8 heteroatoms. The Morgan fingerprint density at radius 3 is 2.43 bits per heavy atom. The van der Waals surface area contributed by atoms with E-state index in [1.165, 1.54) is 19.1 Å². The number of ether oxygens (including phenoxy) is 2. The number of hydrogen-bond donors (Lipinski definition) is 5. The summed E-state index contributed by atoms with van der Waals surface area (Å²) in [6.45, 7) is 2.33. The van der Waals surface area contributed by atoms with Crippen LogP contribution in [0.2, 0.25) is 0 Å². The smallest absolute Gasteiger partial charge is 0.229 e. The lowest BCUT2D eigenvalue weighted by atomic mass is 9.99. The monoisotopic (exact) mass is 328 g/mol. The summed E-state index contributed by atoms with van der Waals surface area (Å²) in [5, 5.41) is 48.3. The van der Waals surface area contributed by atoms with Gasteiger partial charge in [-0.2, -0.15) is 0 Å². The van der Waals surface area contributed by atoms with Gasteiger partial charge in [0.05, 0.1) is 12.2 Å². The molecule has 0 spiro atoms. The second-order valence-corrected chi connectivity index (χ2v) is 5.51. The van der Waals surface area contributed by atoms with Gasteiger partial charge >= 0.3 is 0 Å². The van der Waals surface area contributed by atoms with Gasteiger partial charge in [0.25, 0.3) is 0 Å². The van der Waals surface area contributed by atoms with Gasteiger partial charge in [0.1, 0.15) is 35.9 Å². The van der Waals surface area contributed by atoms with Crippen LogP contribution >= 0.6 is 0 Å². The second-order valence-electron chi connectivity index (χ2n) is 5.51. The van der Waals surface area contributed by atoms with E-state index in [-0.39, 0.29) is 22.8 Å². The molecule has 1 aliphatic heterocycles. The van der Waals surface area contributed by atoms with Gasteiger partial charge in [-0.3, -0.25) is 4.79 Å². The number of carbonyl (C=O) groups is 1. The first kappa shape index (κ1) is 17.6. The quantitative estimate of drug-likeness (QED) is 0.448. The number of benzene rings is 1. The van der Waals surface area contributed by atoms with E-state index in [9.17, 15) is 25.2 Å². The van der Waals surface area contributed by atoms with E-state index in [0.29, 0.717) is 5.56 Å². The SMILES string of the molecule is CC(=O)c1c(C)cc(O)cc1OC1OC(CO)C(O)C(O)C1O. The number of phenols is 1. The lowest BCUT2D eigenvalue weighted by Gasteiger charge is -2.39. The first-order valence-corrected chi connectivity index (χ1v) is 7.08. The fourth-order valence-electron chi connectivity index (χ4n) is 2.57. The van der Waals surface area contributed by atoms with Gasteiger partial charge in [-0.05, 0) is 25.5 Å². The highest BCUT2D eigenvalue weighted by Gasteiger charge is 2.45. The van der Waals surface area contributed by atoms with Crippen LogP contribution in [-0.4, -0.2) is 68.6 Å². The molecule has 1 aliphatic rings. The Kier molecular flexibility index (Phi) is 5.23. The molecule has 23 heavy (non-hydrogen) atoms. The predicted octanol–water partition coefficient (Wildman–Crippen LogP) is -0.918. The third kappa shape index (κ3) is 3.46. The van der Waals surface area contributed by atoms with Crippen molar-refractivity contribution in [1.82, 2.24) is 0 Å². The average molecular weight is 328 g/mol. The number of aliphatic hydroxyl groups is 4. The zero-order valence-corrected chi connectivity index (χ0v) is 12.7. The molecule has 128 valence electrons. The van der Waals surface area contributed by atoms with Crippen LogP contribution in [0.1, 0.15) is 22.8 Å². The van der Waals surface area contributed by atoms with E-state index < -0.39 is 37.3 Å². The molecule has 5 unspecified atom stereocenters. The van der Waals surface area contributed by atoms with E-state index in [2.05, 4.69) is 0 Å². The van der Waals surface area contributed by atoms with Crippen molar-refractivity contribution in [1.29, 1.82) is 0 Å². The molecule has 0 amide bonds. The maximum Gasteiger partial charge on any atom is 0.229 e. The topological polar surface area (TPSA) is 137 Å². The van der Waals surface area contributed by atoms with Crippen LogP contribution in [0.15, 0.2) is 12.1 Å². The molecule has 0 aromatic heterocycles. The summed E-state index contributed by atoms with van der Waals surface area (Å²) in [4.78, 5) is 11.8. The van der Waals surface area contributed by atoms with Crippen LogP contribution in [0, 0.1) is 6.92 Å². The fourth-order valence-corrected chi connectivity index (χ4v) is 2.57. The number of rotatable bonds is 4. The second kappa shape index (κ2) is 6.81. The first-order valence-electron chi connectivity index (χ1n) is 7.08. The minimum Gasteiger partial charge on any atom is -0.508 e. The largest absolute Gasteiger partial charge is 0.508 e. The molecule has 1 aromatic rings. The predicted molar refractivity (Wildman–Crippen MR) is 77.2 cm³/mol. The molecular formula is C15H20O8. The molecular weight excluding hydrogens is 308 g/mol. The van der Waals surface area contributed by atoms with E-state index >= 15 is 0 Å². The molecule has 1 aromatic carbocycles. The molecule has 0 saturated carbocycles. The van der Waals surface area contributed by atoms with Crippen molar-refractivity contribution >= 4 is 5.78 Å².